The molecular weight excluding hydrogens is 282 g/mol. The van der Waals surface area contributed by atoms with E-state index >= 15 is 0 Å². The van der Waals surface area contributed by atoms with Gasteiger partial charge in [-0.25, -0.2) is 4.68 Å². The molecule has 0 saturated heterocycles. The molecule has 6 nitrogen and oxygen atoms in total. The predicted molar refractivity (Wildman–Crippen MR) is 85.2 cm³/mol. The van der Waals surface area contributed by atoms with Crippen LogP contribution in [0, 0.1) is 0 Å². The average molecular weight is 299 g/mol. The molecule has 0 fully saturated rings. The minimum Gasteiger partial charge on any atom is -0.497 e. The lowest BCUT2D eigenvalue weighted by Crippen LogP contribution is -2.18. The molecule has 1 aromatic carbocycles. The molecule has 0 atom stereocenters. The average Bonchev–Trinajstić information content (AvgIpc) is 2.84. The number of aromatic nitrogens is 3. The van der Waals surface area contributed by atoms with Crippen LogP contribution in [-0.2, 0) is 0 Å². The van der Waals surface area contributed by atoms with Gasteiger partial charge in [-0.2, -0.15) is 0 Å². The topological polar surface area (TPSA) is 79.9 Å². The van der Waals surface area contributed by atoms with E-state index in [0.29, 0.717) is 17.1 Å². The summed E-state index contributed by atoms with van der Waals surface area (Å²) in [5.41, 5.74) is 1.24. The SMILES string of the molecule is COc1ccc(-n2[nH]c3[nH]c(C(C)C)cc(=O)c3c2=O)cc1. The molecule has 0 bridgehead atoms. The summed E-state index contributed by atoms with van der Waals surface area (Å²) in [5.74, 6) is 0.871. The molecule has 0 spiro atoms. The van der Waals surface area contributed by atoms with Crippen molar-refractivity contribution in [3.05, 3.63) is 56.6 Å². The number of pyridine rings is 1. The highest BCUT2D eigenvalue weighted by Gasteiger charge is 2.14. The fourth-order valence-electron chi connectivity index (χ4n) is 2.37. The van der Waals surface area contributed by atoms with Gasteiger partial charge in [0.1, 0.15) is 16.8 Å². The van der Waals surface area contributed by atoms with Crippen LogP contribution in [0.25, 0.3) is 16.7 Å². The first-order valence-corrected chi connectivity index (χ1v) is 7.03. The lowest BCUT2D eigenvalue weighted by molar-refractivity contribution is 0.414. The maximum Gasteiger partial charge on any atom is 0.284 e. The fraction of sp³-hybridized carbons (Fsp3) is 0.250. The first-order valence-electron chi connectivity index (χ1n) is 7.03. The summed E-state index contributed by atoms with van der Waals surface area (Å²) in [5, 5.41) is 3.10. The molecule has 2 heterocycles. The van der Waals surface area contributed by atoms with Crippen LogP contribution in [0.5, 0.6) is 5.75 Å². The summed E-state index contributed by atoms with van der Waals surface area (Å²) in [6, 6.07) is 8.51. The van der Waals surface area contributed by atoms with E-state index in [0.717, 1.165) is 5.69 Å². The monoisotopic (exact) mass is 299 g/mol. The van der Waals surface area contributed by atoms with Gasteiger partial charge in [0.25, 0.3) is 5.56 Å². The van der Waals surface area contributed by atoms with Gasteiger partial charge in [-0.3, -0.25) is 14.7 Å². The Morgan fingerprint density at radius 1 is 1.14 bits per heavy atom. The molecule has 0 amide bonds. The van der Waals surface area contributed by atoms with Crippen molar-refractivity contribution >= 4 is 11.0 Å². The number of methoxy groups -OCH3 is 1. The third kappa shape index (κ3) is 2.22. The van der Waals surface area contributed by atoms with Crippen molar-refractivity contribution in [1.82, 2.24) is 14.8 Å². The number of aromatic amines is 2. The Balaban J connectivity index is 2.23. The summed E-state index contributed by atoms with van der Waals surface area (Å²) in [6.07, 6.45) is 0. The molecule has 0 unspecified atom stereocenters. The van der Waals surface area contributed by atoms with E-state index in [1.165, 1.54) is 10.7 Å². The highest BCUT2D eigenvalue weighted by Crippen LogP contribution is 2.15. The molecule has 0 saturated carbocycles. The quantitative estimate of drug-likeness (QED) is 0.777. The predicted octanol–water partition coefficient (Wildman–Crippen LogP) is 2.14. The van der Waals surface area contributed by atoms with Gasteiger partial charge < -0.3 is 9.72 Å². The number of H-pyrrole nitrogens is 2. The van der Waals surface area contributed by atoms with Gasteiger partial charge in [-0.1, -0.05) is 13.8 Å². The number of nitrogens with one attached hydrogen (secondary N) is 2. The van der Waals surface area contributed by atoms with Gasteiger partial charge >= 0.3 is 0 Å². The van der Waals surface area contributed by atoms with Crippen molar-refractivity contribution in [2.45, 2.75) is 19.8 Å². The van der Waals surface area contributed by atoms with Crippen molar-refractivity contribution in [3.8, 4) is 11.4 Å². The smallest absolute Gasteiger partial charge is 0.284 e. The summed E-state index contributed by atoms with van der Waals surface area (Å²) in [4.78, 5) is 27.8. The highest BCUT2D eigenvalue weighted by molar-refractivity contribution is 5.74. The second-order valence-electron chi connectivity index (χ2n) is 5.44. The number of benzene rings is 1. The molecule has 6 heteroatoms. The molecule has 114 valence electrons. The van der Waals surface area contributed by atoms with E-state index in [9.17, 15) is 9.59 Å². The number of ether oxygens (including phenoxy) is 1. The number of rotatable bonds is 3. The fourth-order valence-corrected chi connectivity index (χ4v) is 2.37. The Kier molecular flexibility index (Phi) is 3.36. The largest absolute Gasteiger partial charge is 0.497 e. The third-order valence-electron chi connectivity index (χ3n) is 3.65. The Hall–Kier alpha value is -2.76. The Morgan fingerprint density at radius 3 is 2.41 bits per heavy atom. The molecule has 3 rings (SSSR count). The zero-order valence-electron chi connectivity index (χ0n) is 12.6. The van der Waals surface area contributed by atoms with Crippen molar-refractivity contribution in [3.63, 3.8) is 0 Å². The molecule has 22 heavy (non-hydrogen) atoms. The Bertz CT molecular complexity index is 930. The number of fused-ring (bicyclic) bond motifs is 1. The summed E-state index contributed by atoms with van der Waals surface area (Å²) in [7, 11) is 1.58. The first-order chi connectivity index (χ1) is 10.5. The Morgan fingerprint density at radius 2 is 1.82 bits per heavy atom. The molecule has 0 aliphatic rings. The first kappa shape index (κ1) is 14.2. The van der Waals surface area contributed by atoms with Gasteiger partial charge in [0.2, 0.25) is 0 Å². The minimum absolute atomic E-state index is 0.139. The van der Waals surface area contributed by atoms with Gasteiger partial charge in [0.05, 0.1) is 12.8 Å². The van der Waals surface area contributed by atoms with E-state index in [4.69, 9.17) is 4.74 Å². The summed E-state index contributed by atoms with van der Waals surface area (Å²) in [6.45, 7) is 3.96. The third-order valence-corrected chi connectivity index (χ3v) is 3.65. The van der Waals surface area contributed by atoms with Crippen molar-refractivity contribution in [1.29, 1.82) is 0 Å². The molecule has 2 aromatic heterocycles. The van der Waals surface area contributed by atoms with Gasteiger partial charge in [-0.05, 0) is 30.2 Å². The van der Waals surface area contributed by atoms with Crippen LogP contribution in [0.15, 0.2) is 39.9 Å². The molecule has 2 N–H and O–H groups in total. The molecule has 3 aromatic rings. The maximum atomic E-state index is 12.5. The second kappa shape index (κ2) is 5.22. The van der Waals surface area contributed by atoms with Crippen LogP contribution in [0.2, 0.25) is 0 Å². The van der Waals surface area contributed by atoms with E-state index in [1.54, 1.807) is 31.4 Å². The van der Waals surface area contributed by atoms with E-state index in [2.05, 4.69) is 10.1 Å². The minimum atomic E-state index is -0.364. The lowest BCUT2D eigenvalue weighted by atomic mass is 10.1. The lowest BCUT2D eigenvalue weighted by Gasteiger charge is -2.04. The van der Waals surface area contributed by atoms with E-state index < -0.39 is 0 Å². The molecular formula is C16H17N3O3. The molecule has 0 aliphatic carbocycles. The highest BCUT2D eigenvalue weighted by atomic mass is 16.5. The van der Waals surface area contributed by atoms with E-state index in [1.807, 2.05) is 13.8 Å². The van der Waals surface area contributed by atoms with Crippen LogP contribution in [0.1, 0.15) is 25.5 Å². The van der Waals surface area contributed by atoms with Gasteiger partial charge in [0.15, 0.2) is 5.43 Å². The number of hydrogen-bond acceptors (Lipinski definition) is 3. The zero-order valence-corrected chi connectivity index (χ0v) is 12.6. The molecule has 0 aliphatic heterocycles. The second-order valence-corrected chi connectivity index (χ2v) is 5.44. The van der Waals surface area contributed by atoms with Crippen molar-refractivity contribution < 1.29 is 4.74 Å². The van der Waals surface area contributed by atoms with Crippen molar-refractivity contribution in [2.24, 2.45) is 0 Å². The van der Waals surface area contributed by atoms with Crippen LogP contribution >= 0.6 is 0 Å². The van der Waals surface area contributed by atoms with Crippen LogP contribution in [-0.4, -0.2) is 21.9 Å². The molecule has 0 radical (unpaired) electrons. The Labute approximate surface area is 126 Å². The summed E-state index contributed by atoms with van der Waals surface area (Å²) >= 11 is 0. The zero-order chi connectivity index (χ0) is 15.9. The standard InChI is InChI=1S/C16H17N3O3/c1-9(2)12-8-13(20)14-15(17-12)18-19(16(14)21)10-4-6-11(22-3)7-5-10/h4-9H,1-3H3,(H2,17,18,20). The number of nitrogens with zero attached hydrogens (tertiary/aromatic N) is 1. The van der Waals surface area contributed by atoms with Crippen LogP contribution in [0.4, 0.5) is 0 Å². The van der Waals surface area contributed by atoms with E-state index in [-0.39, 0.29) is 22.3 Å². The van der Waals surface area contributed by atoms with Crippen LogP contribution < -0.4 is 15.7 Å². The maximum absolute atomic E-state index is 12.5. The van der Waals surface area contributed by atoms with Crippen molar-refractivity contribution in [2.75, 3.05) is 7.11 Å². The van der Waals surface area contributed by atoms with Crippen LogP contribution in [0.3, 0.4) is 0 Å². The number of hydrogen-bond donors (Lipinski definition) is 2. The van der Waals surface area contributed by atoms with Gasteiger partial charge in [-0.15, -0.1) is 0 Å². The van der Waals surface area contributed by atoms with Gasteiger partial charge in [0, 0.05) is 11.8 Å². The summed E-state index contributed by atoms with van der Waals surface area (Å²) < 4.78 is 6.45. The normalized spacial score (nSPS) is 11.3.